The molecule has 0 atom stereocenters. The maximum absolute atomic E-state index is 12.9. The van der Waals surface area contributed by atoms with Gasteiger partial charge in [-0.15, -0.1) is 0 Å². The maximum atomic E-state index is 12.9. The summed E-state index contributed by atoms with van der Waals surface area (Å²) in [5.41, 5.74) is 4.77. The SMILES string of the molecule is Nc1cnn(-c2cccc(C3CC3)n2)c1C(F)(F)F. The molecule has 1 saturated carbocycles. The summed E-state index contributed by atoms with van der Waals surface area (Å²) < 4.78 is 39.5. The Morgan fingerprint density at radius 2 is 2.00 bits per heavy atom. The number of alkyl halides is 3. The largest absolute Gasteiger partial charge is 0.435 e. The number of nitrogens with zero attached hydrogens (tertiary/aromatic N) is 3. The minimum Gasteiger partial charge on any atom is -0.396 e. The van der Waals surface area contributed by atoms with E-state index in [0.29, 0.717) is 5.92 Å². The fourth-order valence-electron chi connectivity index (χ4n) is 1.98. The van der Waals surface area contributed by atoms with Crippen molar-refractivity contribution in [2.24, 2.45) is 0 Å². The highest BCUT2D eigenvalue weighted by atomic mass is 19.4. The molecule has 0 bridgehead atoms. The molecule has 1 aliphatic carbocycles. The van der Waals surface area contributed by atoms with E-state index in [1.165, 1.54) is 6.07 Å². The molecular weight excluding hydrogens is 257 g/mol. The average Bonchev–Trinajstić information content (AvgIpc) is 3.11. The molecule has 2 aromatic rings. The van der Waals surface area contributed by atoms with E-state index in [9.17, 15) is 13.2 Å². The van der Waals surface area contributed by atoms with Crippen LogP contribution >= 0.6 is 0 Å². The number of hydrogen-bond donors (Lipinski definition) is 1. The molecule has 0 aromatic carbocycles. The van der Waals surface area contributed by atoms with Gasteiger partial charge in [0.05, 0.1) is 11.9 Å². The summed E-state index contributed by atoms with van der Waals surface area (Å²) in [5, 5.41) is 3.68. The van der Waals surface area contributed by atoms with Crippen LogP contribution in [0.3, 0.4) is 0 Å². The van der Waals surface area contributed by atoms with E-state index in [0.717, 1.165) is 29.4 Å². The van der Waals surface area contributed by atoms with Crippen molar-refractivity contribution < 1.29 is 13.2 Å². The van der Waals surface area contributed by atoms with Crippen molar-refractivity contribution in [1.82, 2.24) is 14.8 Å². The monoisotopic (exact) mass is 268 g/mol. The van der Waals surface area contributed by atoms with Crippen molar-refractivity contribution in [2.75, 3.05) is 5.73 Å². The maximum Gasteiger partial charge on any atom is 0.435 e. The summed E-state index contributed by atoms with van der Waals surface area (Å²) in [5.74, 6) is 0.510. The van der Waals surface area contributed by atoms with Crippen molar-refractivity contribution >= 4 is 5.69 Å². The van der Waals surface area contributed by atoms with Gasteiger partial charge in [-0.25, -0.2) is 9.67 Å². The van der Waals surface area contributed by atoms with Gasteiger partial charge < -0.3 is 5.73 Å². The lowest BCUT2D eigenvalue weighted by atomic mass is 10.2. The van der Waals surface area contributed by atoms with Gasteiger partial charge in [-0.3, -0.25) is 0 Å². The number of halogens is 3. The molecule has 0 unspecified atom stereocenters. The molecule has 0 saturated heterocycles. The fraction of sp³-hybridized carbons (Fsp3) is 0.333. The summed E-state index contributed by atoms with van der Waals surface area (Å²) in [7, 11) is 0. The number of anilines is 1. The molecule has 0 aliphatic heterocycles. The fourth-order valence-corrected chi connectivity index (χ4v) is 1.98. The van der Waals surface area contributed by atoms with Gasteiger partial charge in [0, 0.05) is 11.6 Å². The van der Waals surface area contributed by atoms with E-state index in [-0.39, 0.29) is 5.82 Å². The van der Waals surface area contributed by atoms with Gasteiger partial charge in [0.15, 0.2) is 11.5 Å². The first-order valence-electron chi connectivity index (χ1n) is 5.85. The number of nitrogens with two attached hydrogens (primary N) is 1. The molecule has 2 N–H and O–H groups in total. The Morgan fingerprint density at radius 1 is 1.26 bits per heavy atom. The van der Waals surface area contributed by atoms with E-state index in [1.807, 2.05) is 6.07 Å². The quantitative estimate of drug-likeness (QED) is 0.911. The minimum absolute atomic E-state index is 0.147. The van der Waals surface area contributed by atoms with Crippen LogP contribution < -0.4 is 5.73 Å². The average molecular weight is 268 g/mol. The number of pyridine rings is 1. The molecule has 100 valence electrons. The summed E-state index contributed by atoms with van der Waals surface area (Å²) >= 11 is 0. The van der Waals surface area contributed by atoms with Gasteiger partial charge >= 0.3 is 6.18 Å². The summed E-state index contributed by atoms with van der Waals surface area (Å²) in [4.78, 5) is 4.24. The molecule has 1 fully saturated rings. The first-order chi connectivity index (χ1) is 8.97. The Bertz CT molecular complexity index is 614. The molecule has 0 amide bonds. The minimum atomic E-state index is -4.56. The van der Waals surface area contributed by atoms with Crippen LogP contribution in [0.25, 0.3) is 5.82 Å². The second kappa shape index (κ2) is 3.97. The van der Waals surface area contributed by atoms with E-state index >= 15 is 0 Å². The van der Waals surface area contributed by atoms with Crippen LogP contribution in [0, 0.1) is 0 Å². The van der Waals surface area contributed by atoms with Crippen LogP contribution in [0.1, 0.15) is 30.1 Å². The molecular formula is C12H11F3N4. The van der Waals surface area contributed by atoms with Crippen LogP contribution in [-0.4, -0.2) is 14.8 Å². The topological polar surface area (TPSA) is 56.7 Å². The smallest absolute Gasteiger partial charge is 0.396 e. The lowest BCUT2D eigenvalue weighted by molar-refractivity contribution is -0.142. The van der Waals surface area contributed by atoms with Gasteiger partial charge in [0.25, 0.3) is 0 Å². The van der Waals surface area contributed by atoms with Gasteiger partial charge in [0.1, 0.15) is 0 Å². The molecule has 7 heteroatoms. The standard InChI is InChI=1S/C12H11F3N4/c13-12(14,15)11-8(16)6-17-19(11)10-3-1-2-9(18-10)7-4-5-7/h1-3,6-7H,4-5,16H2. The summed E-state index contributed by atoms with van der Waals surface area (Å²) in [6.07, 6.45) is -1.50. The van der Waals surface area contributed by atoms with E-state index in [1.54, 1.807) is 6.07 Å². The molecule has 0 spiro atoms. The summed E-state index contributed by atoms with van der Waals surface area (Å²) in [6, 6.07) is 5.00. The number of hydrogen-bond acceptors (Lipinski definition) is 3. The van der Waals surface area contributed by atoms with E-state index in [2.05, 4.69) is 10.1 Å². The van der Waals surface area contributed by atoms with Gasteiger partial charge in [-0.2, -0.15) is 18.3 Å². The van der Waals surface area contributed by atoms with Crippen LogP contribution in [0.4, 0.5) is 18.9 Å². The third kappa shape index (κ3) is 2.16. The van der Waals surface area contributed by atoms with Crippen LogP contribution in [0.15, 0.2) is 24.4 Å². The van der Waals surface area contributed by atoms with Crippen molar-refractivity contribution in [3.05, 3.63) is 35.8 Å². The zero-order valence-corrected chi connectivity index (χ0v) is 9.85. The first-order valence-corrected chi connectivity index (χ1v) is 5.85. The zero-order chi connectivity index (χ0) is 13.6. The molecule has 3 rings (SSSR count). The van der Waals surface area contributed by atoms with Crippen LogP contribution in [0.2, 0.25) is 0 Å². The molecule has 1 aliphatic rings. The van der Waals surface area contributed by atoms with Crippen molar-refractivity contribution in [3.63, 3.8) is 0 Å². The second-order valence-electron chi connectivity index (χ2n) is 4.55. The third-order valence-corrected chi connectivity index (χ3v) is 3.03. The first kappa shape index (κ1) is 12.0. The Balaban J connectivity index is 2.09. The molecule has 0 radical (unpaired) electrons. The molecule has 19 heavy (non-hydrogen) atoms. The van der Waals surface area contributed by atoms with Crippen molar-refractivity contribution in [1.29, 1.82) is 0 Å². The second-order valence-corrected chi connectivity index (χ2v) is 4.55. The predicted molar refractivity (Wildman–Crippen MR) is 62.7 cm³/mol. The Kier molecular flexibility index (Phi) is 2.51. The Hall–Kier alpha value is -2.05. The Morgan fingerprint density at radius 3 is 2.63 bits per heavy atom. The highest BCUT2D eigenvalue weighted by Gasteiger charge is 2.38. The van der Waals surface area contributed by atoms with Gasteiger partial charge in [0.2, 0.25) is 0 Å². The number of rotatable bonds is 2. The highest BCUT2D eigenvalue weighted by Crippen LogP contribution is 2.39. The lowest BCUT2D eigenvalue weighted by Crippen LogP contribution is -2.16. The van der Waals surface area contributed by atoms with E-state index < -0.39 is 17.6 Å². The van der Waals surface area contributed by atoms with Crippen molar-refractivity contribution in [2.45, 2.75) is 24.9 Å². The van der Waals surface area contributed by atoms with Gasteiger partial charge in [-0.1, -0.05) is 6.07 Å². The van der Waals surface area contributed by atoms with E-state index in [4.69, 9.17) is 5.73 Å². The molecule has 4 nitrogen and oxygen atoms in total. The predicted octanol–water partition coefficient (Wildman–Crippen LogP) is 2.75. The van der Waals surface area contributed by atoms with Crippen molar-refractivity contribution in [3.8, 4) is 5.82 Å². The van der Waals surface area contributed by atoms with Crippen LogP contribution in [0.5, 0.6) is 0 Å². The summed E-state index contributed by atoms with van der Waals surface area (Å²) in [6.45, 7) is 0. The Labute approximate surface area is 107 Å². The van der Waals surface area contributed by atoms with Crippen LogP contribution in [-0.2, 0) is 6.18 Å². The number of aromatic nitrogens is 3. The molecule has 2 heterocycles. The lowest BCUT2D eigenvalue weighted by Gasteiger charge is -2.11. The third-order valence-electron chi connectivity index (χ3n) is 3.03. The van der Waals surface area contributed by atoms with Gasteiger partial charge in [-0.05, 0) is 25.0 Å². The molecule has 2 aromatic heterocycles. The zero-order valence-electron chi connectivity index (χ0n) is 9.85. The highest BCUT2D eigenvalue weighted by molar-refractivity contribution is 5.46. The normalized spacial score (nSPS) is 15.7. The number of nitrogen functional groups attached to an aromatic ring is 1.